The Morgan fingerprint density at radius 3 is 2.48 bits per heavy atom. The van der Waals surface area contributed by atoms with Crippen LogP contribution in [0.4, 0.5) is 0 Å². The van der Waals surface area contributed by atoms with Gasteiger partial charge >= 0.3 is 5.97 Å². The number of sulfonamides is 1. The topological polar surface area (TPSA) is 93.1 Å². The molecule has 156 valence electrons. The van der Waals surface area contributed by atoms with Gasteiger partial charge in [-0.3, -0.25) is 4.79 Å². The van der Waals surface area contributed by atoms with Gasteiger partial charge in [0.2, 0.25) is 10.0 Å². The smallest absolute Gasteiger partial charge is 0.303 e. The van der Waals surface area contributed by atoms with E-state index in [1.165, 1.54) is 4.31 Å². The molecule has 1 aliphatic rings. The first-order chi connectivity index (χ1) is 13.9. The number of carbonyl (C=O) groups is 1. The minimum atomic E-state index is -3.71. The van der Waals surface area contributed by atoms with Crippen LogP contribution in [0.25, 0.3) is 0 Å². The lowest BCUT2D eigenvalue weighted by molar-refractivity contribution is -0.136. The number of ether oxygens (including phenoxy) is 2. The predicted octanol–water partition coefficient (Wildman–Crippen LogP) is 3.25. The molecule has 3 rings (SSSR count). The molecule has 0 saturated carbocycles. The molecule has 0 unspecified atom stereocenters. The molecule has 2 aromatic rings. The van der Waals surface area contributed by atoms with Crippen molar-refractivity contribution in [2.75, 3.05) is 20.8 Å². The molecule has 8 heteroatoms. The van der Waals surface area contributed by atoms with Crippen molar-refractivity contribution in [2.45, 2.75) is 36.6 Å². The standard InChI is InChI=1S/C21H25NO6S/c1-27-16-8-11-20(28-2)18(14-16)19-4-3-13-22(19)29(25,26)17-9-5-15(6-10-17)7-12-21(23)24/h5-6,8-11,14,19H,3-4,7,12-13H2,1-2H3,(H,23,24)/t19-/m1/s1. The Morgan fingerprint density at radius 2 is 1.86 bits per heavy atom. The first-order valence-electron chi connectivity index (χ1n) is 9.41. The average Bonchev–Trinajstić information content (AvgIpc) is 3.22. The van der Waals surface area contributed by atoms with Gasteiger partial charge in [-0.25, -0.2) is 8.42 Å². The predicted molar refractivity (Wildman–Crippen MR) is 108 cm³/mol. The minimum absolute atomic E-state index is 0.00985. The number of benzene rings is 2. The van der Waals surface area contributed by atoms with E-state index >= 15 is 0 Å². The third-order valence-electron chi connectivity index (χ3n) is 5.16. The largest absolute Gasteiger partial charge is 0.497 e. The van der Waals surface area contributed by atoms with E-state index in [2.05, 4.69) is 0 Å². The second-order valence-electron chi connectivity index (χ2n) is 6.92. The lowest BCUT2D eigenvalue weighted by Crippen LogP contribution is -2.31. The van der Waals surface area contributed by atoms with Crippen LogP contribution in [0.15, 0.2) is 47.4 Å². The molecule has 1 N–H and O–H groups in total. The lowest BCUT2D eigenvalue weighted by Gasteiger charge is -2.26. The van der Waals surface area contributed by atoms with E-state index in [4.69, 9.17) is 14.6 Å². The molecule has 29 heavy (non-hydrogen) atoms. The van der Waals surface area contributed by atoms with Gasteiger partial charge in [-0.05, 0) is 55.2 Å². The molecule has 1 atom stereocenters. The molecule has 1 heterocycles. The molecule has 0 bridgehead atoms. The maximum Gasteiger partial charge on any atom is 0.303 e. The Kier molecular flexibility index (Phi) is 6.44. The molecule has 0 amide bonds. The highest BCUT2D eigenvalue weighted by molar-refractivity contribution is 7.89. The van der Waals surface area contributed by atoms with Gasteiger partial charge in [-0.1, -0.05) is 12.1 Å². The van der Waals surface area contributed by atoms with Gasteiger partial charge in [0.15, 0.2) is 0 Å². The van der Waals surface area contributed by atoms with Crippen LogP contribution in [0.1, 0.15) is 36.4 Å². The van der Waals surface area contributed by atoms with Crippen LogP contribution in [0, 0.1) is 0 Å². The summed E-state index contributed by atoms with van der Waals surface area (Å²) in [5, 5.41) is 8.80. The van der Waals surface area contributed by atoms with E-state index in [1.807, 2.05) is 6.07 Å². The molecule has 0 spiro atoms. The van der Waals surface area contributed by atoms with Gasteiger partial charge in [0.1, 0.15) is 11.5 Å². The van der Waals surface area contributed by atoms with Gasteiger partial charge in [0, 0.05) is 18.5 Å². The van der Waals surface area contributed by atoms with E-state index in [0.29, 0.717) is 30.9 Å². The zero-order valence-electron chi connectivity index (χ0n) is 16.5. The Labute approximate surface area is 170 Å². The van der Waals surface area contributed by atoms with E-state index in [1.54, 1.807) is 50.6 Å². The molecular formula is C21H25NO6S. The van der Waals surface area contributed by atoms with Crippen molar-refractivity contribution in [3.63, 3.8) is 0 Å². The number of rotatable bonds is 8. The molecule has 1 saturated heterocycles. The third-order valence-corrected chi connectivity index (χ3v) is 7.08. The minimum Gasteiger partial charge on any atom is -0.497 e. The number of aryl methyl sites for hydroxylation is 1. The average molecular weight is 419 g/mol. The molecule has 7 nitrogen and oxygen atoms in total. The van der Waals surface area contributed by atoms with Crippen molar-refractivity contribution < 1.29 is 27.8 Å². The molecule has 0 aliphatic carbocycles. The zero-order valence-corrected chi connectivity index (χ0v) is 17.3. The maximum absolute atomic E-state index is 13.3. The zero-order chi connectivity index (χ0) is 21.0. The van der Waals surface area contributed by atoms with Crippen LogP contribution in [0.2, 0.25) is 0 Å². The highest BCUT2D eigenvalue weighted by Gasteiger charge is 2.37. The van der Waals surface area contributed by atoms with Crippen LogP contribution in [-0.4, -0.2) is 44.6 Å². The van der Waals surface area contributed by atoms with Crippen molar-refractivity contribution in [3.05, 3.63) is 53.6 Å². The van der Waals surface area contributed by atoms with Crippen LogP contribution in [-0.2, 0) is 21.2 Å². The van der Waals surface area contributed by atoms with Crippen LogP contribution < -0.4 is 9.47 Å². The number of hydrogen-bond acceptors (Lipinski definition) is 5. The fourth-order valence-corrected chi connectivity index (χ4v) is 5.33. The summed E-state index contributed by atoms with van der Waals surface area (Å²) in [5.74, 6) is 0.392. The first-order valence-corrected chi connectivity index (χ1v) is 10.9. The van der Waals surface area contributed by atoms with E-state index in [0.717, 1.165) is 17.5 Å². The number of aliphatic carboxylic acids is 1. The Balaban J connectivity index is 1.89. The molecule has 1 fully saturated rings. The fourth-order valence-electron chi connectivity index (χ4n) is 3.65. The summed E-state index contributed by atoms with van der Waals surface area (Å²) in [5.41, 5.74) is 1.57. The number of carboxylic acids is 1. The highest BCUT2D eigenvalue weighted by Crippen LogP contribution is 2.41. The Morgan fingerprint density at radius 1 is 1.14 bits per heavy atom. The van der Waals surface area contributed by atoms with Crippen molar-refractivity contribution >= 4 is 16.0 Å². The number of methoxy groups -OCH3 is 2. The lowest BCUT2D eigenvalue weighted by atomic mass is 10.0. The maximum atomic E-state index is 13.3. The van der Waals surface area contributed by atoms with Gasteiger partial charge < -0.3 is 14.6 Å². The number of carboxylic acid groups (broad SMARTS) is 1. The monoisotopic (exact) mass is 419 g/mol. The van der Waals surface area contributed by atoms with E-state index in [-0.39, 0.29) is 17.4 Å². The van der Waals surface area contributed by atoms with E-state index in [9.17, 15) is 13.2 Å². The summed E-state index contributed by atoms with van der Waals surface area (Å²) >= 11 is 0. The fraction of sp³-hybridized carbons (Fsp3) is 0.381. The van der Waals surface area contributed by atoms with Crippen molar-refractivity contribution in [1.29, 1.82) is 0 Å². The van der Waals surface area contributed by atoms with Gasteiger partial charge in [-0.2, -0.15) is 4.31 Å². The van der Waals surface area contributed by atoms with Crippen molar-refractivity contribution in [2.24, 2.45) is 0 Å². The van der Waals surface area contributed by atoms with E-state index < -0.39 is 16.0 Å². The second kappa shape index (κ2) is 8.84. The van der Waals surface area contributed by atoms with Gasteiger partial charge in [0.25, 0.3) is 0 Å². The van der Waals surface area contributed by atoms with Crippen LogP contribution in [0.3, 0.4) is 0 Å². The van der Waals surface area contributed by atoms with Crippen molar-refractivity contribution in [1.82, 2.24) is 4.31 Å². The molecule has 0 radical (unpaired) electrons. The molecule has 0 aromatic heterocycles. The van der Waals surface area contributed by atoms with Gasteiger partial charge in [0.05, 0.1) is 25.2 Å². The third kappa shape index (κ3) is 4.54. The SMILES string of the molecule is COc1ccc(OC)c([C@H]2CCCN2S(=O)(=O)c2ccc(CCC(=O)O)cc2)c1. The van der Waals surface area contributed by atoms with Crippen LogP contribution in [0.5, 0.6) is 11.5 Å². The second-order valence-corrected chi connectivity index (χ2v) is 8.81. The summed E-state index contributed by atoms with van der Waals surface area (Å²) in [7, 11) is -0.573. The van der Waals surface area contributed by atoms with Crippen molar-refractivity contribution in [3.8, 4) is 11.5 Å². The summed E-state index contributed by atoms with van der Waals surface area (Å²) in [6, 6.07) is 11.5. The summed E-state index contributed by atoms with van der Waals surface area (Å²) in [6.45, 7) is 0.425. The van der Waals surface area contributed by atoms with Crippen LogP contribution >= 0.6 is 0 Å². The normalized spacial score (nSPS) is 17.2. The quantitative estimate of drug-likeness (QED) is 0.706. The van der Waals surface area contributed by atoms with Gasteiger partial charge in [-0.15, -0.1) is 0 Å². The number of nitrogens with zero attached hydrogens (tertiary/aromatic N) is 1. The molecule has 2 aromatic carbocycles. The number of hydrogen-bond donors (Lipinski definition) is 1. The molecule has 1 aliphatic heterocycles. The summed E-state index contributed by atoms with van der Waals surface area (Å²) in [6.07, 6.45) is 1.82. The summed E-state index contributed by atoms with van der Waals surface area (Å²) in [4.78, 5) is 10.9. The molecular weight excluding hydrogens is 394 g/mol. The Bertz CT molecular complexity index is 971. The Hall–Kier alpha value is -2.58. The highest BCUT2D eigenvalue weighted by atomic mass is 32.2. The first kappa shape index (κ1) is 21.1. The summed E-state index contributed by atoms with van der Waals surface area (Å²) < 4.78 is 38.9.